The predicted octanol–water partition coefficient (Wildman–Crippen LogP) is 2.13. The van der Waals surface area contributed by atoms with Crippen LogP contribution < -0.4 is 5.32 Å². The summed E-state index contributed by atoms with van der Waals surface area (Å²) >= 11 is 5.14. The van der Waals surface area contributed by atoms with Crippen LogP contribution in [-0.4, -0.2) is 121 Å². The third-order valence-corrected chi connectivity index (χ3v) is 6.19. The molecular weight excluding hydrogens is 550 g/mol. The molecule has 224 valence electrons. The van der Waals surface area contributed by atoms with Gasteiger partial charge in [0, 0.05) is 45.0 Å². The lowest BCUT2D eigenvalue weighted by atomic mass is 10.2. The van der Waals surface area contributed by atoms with E-state index in [4.69, 9.17) is 31.2 Å². The van der Waals surface area contributed by atoms with Crippen LogP contribution in [0.1, 0.15) is 39.3 Å². The van der Waals surface area contributed by atoms with E-state index in [9.17, 15) is 14.7 Å². The number of nitrogens with zero attached hydrogens (tertiary/aromatic N) is 4. The molecule has 12 nitrogen and oxygen atoms in total. The van der Waals surface area contributed by atoms with Gasteiger partial charge in [0.15, 0.2) is 6.29 Å². The average Bonchev–Trinajstić information content (AvgIpc) is 2.94. The van der Waals surface area contributed by atoms with Crippen LogP contribution in [-0.2, 0) is 32.0 Å². The number of ether oxygens (including phenoxy) is 4. The number of aromatic nitrogens is 2. The van der Waals surface area contributed by atoms with E-state index in [1.54, 1.807) is 19.1 Å². The Morgan fingerprint density at radius 1 is 0.878 bits per heavy atom. The molecule has 0 aliphatic carbocycles. The molecule has 0 spiro atoms. The van der Waals surface area contributed by atoms with Crippen molar-refractivity contribution in [1.29, 1.82) is 0 Å². The molecule has 2 N–H and O–H groups in total. The molecular formula is C28H39N5O7S. The number of carbonyl (C=O) groups excluding carboxylic acids is 1. The number of anilines is 1. The Bertz CT molecular complexity index is 1100. The van der Waals surface area contributed by atoms with Crippen molar-refractivity contribution in [2.75, 3.05) is 84.4 Å². The zero-order valence-corrected chi connectivity index (χ0v) is 24.3. The van der Waals surface area contributed by atoms with Gasteiger partial charge in [0.2, 0.25) is 0 Å². The molecule has 2 aromatic heterocycles. The van der Waals surface area contributed by atoms with Crippen molar-refractivity contribution in [2.24, 2.45) is 0 Å². The summed E-state index contributed by atoms with van der Waals surface area (Å²) in [6, 6.07) is 8.56. The summed E-state index contributed by atoms with van der Waals surface area (Å²) in [6.45, 7) is 9.18. The highest BCUT2D eigenvalue weighted by Crippen LogP contribution is 2.13. The number of nitrogens with one attached hydrogen (secondary N) is 1. The first-order chi connectivity index (χ1) is 19.9. The first kappa shape index (κ1) is 32.6. The van der Waals surface area contributed by atoms with E-state index in [0.29, 0.717) is 108 Å². The van der Waals surface area contributed by atoms with E-state index in [1.807, 2.05) is 12.1 Å². The van der Waals surface area contributed by atoms with Gasteiger partial charge in [-0.25, -0.2) is 14.8 Å². The van der Waals surface area contributed by atoms with Crippen LogP contribution in [0, 0.1) is 0 Å². The van der Waals surface area contributed by atoms with Crippen molar-refractivity contribution >= 4 is 35.1 Å². The van der Waals surface area contributed by atoms with Gasteiger partial charge in [-0.15, -0.1) is 0 Å². The Morgan fingerprint density at radius 2 is 1.41 bits per heavy atom. The summed E-state index contributed by atoms with van der Waals surface area (Å²) in [6.07, 6.45) is 0.728. The highest BCUT2D eigenvalue weighted by atomic mass is 32.1. The molecule has 1 aliphatic heterocycles. The molecule has 41 heavy (non-hydrogen) atoms. The van der Waals surface area contributed by atoms with Crippen molar-refractivity contribution in [1.82, 2.24) is 19.8 Å². The number of pyridine rings is 2. The summed E-state index contributed by atoms with van der Waals surface area (Å²) in [7, 11) is 0. The van der Waals surface area contributed by atoms with E-state index in [2.05, 4.69) is 25.1 Å². The van der Waals surface area contributed by atoms with E-state index in [1.165, 1.54) is 6.07 Å². The molecule has 0 saturated carbocycles. The maximum Gasteiger partial charge on any atom is 0.354 e. The number of carboxylic acid groups (broad SMARTS) is 1. The van der Waals surface area contributed by atoms with Crippen LogP contribution in [0.25, 0.3) is 0 Å². The van der Waals surface area contributed by atoms with Gasteiger partial charge in [0.1, 0.15) is 11.4 Å². The third-order valence-electron chi connectivity index (χ3n) is 6.09. The molecule has 3 rings (SSSR count). The second kappa shape index (κ2) is 18.5. The fourth-order valence-corrected chi connectivity index (χ4v) is 4.25. The van der Waals surface area contributed by atoms with Gasteiger partial charge in [0.05, 0.1) is 69.2 Å². The molecule has 0 aromatic carbocycles. The number of carboxylic acids is 1. The number of aldehydes is 1. The lowest BCUT2D eigenvalue weighted by Gasteiger charge is -2.23. The van der Waals surface area contributed by atoms with Gasteiger partial charge in [0.25, 0.3) is 0 Å². The molecule has 0 unspecified atom stereocenters. The summed E-state index contributed by atoms with van der Waals surface area (Å²) in [5, 5.41) is 12.3. The van der Waals surface area contributed by atoms with Gasteiger partial charge in [-0.1, -0.05) is 18.3 Å². The van der Waals surface area contributed by atoms with Crippen molar-refractivity contribution < 1.29 is 33.6 Å². The van der Waals surface area contributed by atoms with Gasteiger partial charge >= 0.3 is 5.97 Å². The molecule has 2 aromatic rings. The quantitative estimate of drug-likeness (QED) is 0.361. The smallest absolute Gasteiger partial charge is 0.354 e. The molecule has 1 aliphatic rings. The second-order valence-corrected chi connectivity index (χ2v) is 10.0. The number of hydrogen-bond donors (Lipinski definition) is 2. The maximum absolute atomic E-state index is 11.4. The first-order valence-corrected chi connectivity index (χ1v) is 14.0. The minimum atomic E-state index is -1.05. The van der Waals surface area contributed by atoms with E-state index in [-0.39, 0.29) is 5.69 Å². The number of rotatable bonds is 7. The number of carbonyl (C=O) groups is 2. The summed E-state index contributed by atoms with van der Waals surface area (Å²) in [5.74, 6) is -1.05. The average molecular weight is 590 g/mol. The van der Waals surface area contributed by atoms with Crippen LogP contribution in [0.15, 0.2) is 30.3 Å². The van der Waals surface area contributed by atoms with Crippen molar-refractivity contribution in [2.45, 2.75) is 20.0 Å². The Morgan fingerprint density at radius 3 is 1.90 bits per heavy atom. The largest absolute Gasteiger partial charge is 0.477 e. The standard InChI is InChI=1S/C28H39N5O7S/c1-22(41)29-24-17-25(30-26(18-24)21-34)20-33-7-11-39-15-13-37-9-5-32(6-10-38-14-16-40-12-8-33)19-23-3-2-4-27(31-23)28(35)36/h2-4,17-18,21H,5-16,19-20H2,1H3,(H,35,36)(H,29,30,41). The van der Waals surface area contributed by atoms with Crippen LogP contribution in [0.4, 0.5) is 5.69 Å². The number of aromatic carboxylic acids is 1. The summed E-state index contributed by atoms with van der Waals surface area (Å²) in [5.41, 5.74) is 2.52. The maximum atomic E-state index is 11.4. The first-order valence-electron chi connectivity index (χ1n) is 13.6. The van der Waals surface area contributed by atoms with E-state index < -0.39 is 5.97 Å². The van der Waals surface area contributed by atoms with E-state index >= 15 is 0 Å². The Kier molecular flexibility index (Phi) is 14.7. The molecule has 0 radical (unpaired) electrons. The zero-order chi connectivity index (χ0) is 29.3. The monoisotopic (exact) mass is 589 g/mol. The van der Waals surface area contributed by atoms with E-state index in [0.717, 1.165) is 17.7 Å². The second-order valence-electron chi connectivity index (χ2n) is 9.39. The van der Waals surface area contributed by atoms with Crippen LogP contribution in [0.5, 0.6) is 0 Å². The third kappa shape index (κ3) is 13.1. The molecule has 3 heterocycles. The molecule has 13 heteroatoms. The lowest BCUT2D eigenvalue weighted by Crippen LogP contribution is -2.33. The summed E-state index contributed by atoms with van der Waals surface area (Å²) in [4.78, 5) is 36.3. The minimum Gasteiger partial charge on any atom is -0.477 e. The highest BCUT2D eigenvalue weighted by Gasteiger charge is 2.12. The molecule has 0 amide bonds. The van der Waals surface area contributed by atoms with Gasteiger partial charge < -0.3 is 29.4 Å². The van der Waals surface area contributed by atoms with Gasteiger partial charge in [-0.3, -0.25) is 14.6 Å². The predicted molar refractivity (Wildman–Crippen MR) is 157 cm³/mol. The SMILES string of the molecule is CC(=S)Nc1cc(C=O)nc(CN2CCOCCOCCN(Cc3cccc(C(=O)O)n3)CCOCCOCC2)c1. The molecule has 1 saturated heterocycles. The lowest BCUT2D eigenvalue weighted by molar-refractivity contribution is 0.00598. The van der Waals surface area contributed by atoms with Crippen molar-refractivity contribution in [3.8, 4) is 0 Å². The topological polar surface area (TPSA) is 136 Å². The number of hydrogen-bond acceptors (Lipinski definition) is 11. The normalized spacial score (nSPS) is 17.7. The van der Waals surface area contributed by atoms with Gasteiger partial charge in [-0.05, 0) is 31.2 Å². The highest BCUT2D eigenvalue weighted by molar-refractivity contribution is 7.80. The Labute approximate surface area is 245 Å². The van der Waals surface area contributed by atoms with Crippen molar-refractivity contribution in [3.05, 3.63) is 53.1 Å². The fourth-order valence-electron chi connectivity index (χ4n) is 4.13. The fraction of sp³-hybridized carbons (Fsp3) is 0.536. The molecule has 1 fully saturated rings. The zero-order valence-electron chi connectivity index (χ0n) is 23.5. The molecule has 0 atom stereocenters. The van der Waals surface area contributed by atoms with Crippen LogP contribution in [0.3, 0.4) is 0 Å². The van der Waals surface area contributed by atoms with Crippen LogP contribution in [0.2, 0.25) is 0 Å². The number of thiocarbonyl (C=S) groups is 1. The Balaban J connectivity index is 1.52. The molecule has 0 bridgehead atoms. The summed E-state index contributed by atoms with van der Waals surface area (Å²) < 4.78 is 23.2. The minimum absolute atomic E-state index is 0.0258. The van der Waals surface area contributed by atoms with Gasteiger partial charge in [-0.2, -0.15) is 0 Å². The van der Waals surface area contributed by atoms with Crippen molar-refractivity contribution in [3.63, 3.8) is 0 Å². The van der Waals surface area contributed by atoms with Crippen LogP contribution >= 0.6 is 12.2 Å². The Hall–Kier alpha value is -2.91.